The number of anilines is 1. The summed E-state index contributed by atoms with van der Waals surface area (Å²) in [5.41, 5.74) is 3.40. The molecule has 4 rings (SSSR count). The average Bonchev–Trinajstić information content (AvgIpc) is 2.87. The van der Waals surface area contributed by atoms with E-state index in [1.54, 1.807) is 12.1 Å². The van der Waals surface area contributed by atoms with Crippen LogP contribution >= 0.6 is 0 Å². The number of non-ortho nitro benzene ring substituents is 1. The smallest absolute Gasteiger partial charge is 0.269 e. The largest absolute Gasteiger partial charge is 0.377 e. The number of nitro groups is 1. The molecule has 0 fully saturated rings. The van der Waals surface area contributed by atoms with E-state index < -0.39 is 10.8 Å². The SMILES string of the molecule is O=C(c1ccccc1)[C@@H](Cc1ccccc1)[C@@H](Nc1ccccc1)c1ccc([N+](=O)[O-])cc1. The second-order valence-electron chi connectivity index (χ2n) is 7.86. The molecular weight excluding hydrogens is 412 g/mol. The summed E-state index contributed by atoms with van der Waals surface area (Å²) in [7, 11) is 0. The molecule has 0 radical (unpaired) electrons. The van der Waals surface area contributed by atoms with Crippen molar-refractivity contribution in [2.24, 2.45) is 5.92 Å². The van der Waals surface area contributed by atoms with Gasteiger partial charge >= 0.3 is 0 Å². The van der Waals surface area contributed by atoms with Gasteiger partial charge in [-0.3, -0.25) is 14.9 Å². The first-order valence-electron chi connectivity index (χ1n) is 10.8. The molecule has 0 saturated heterocycles. The monoisotopic (exact) mass is 436 g/mol. The molecule has 0 aliphatic heterocycles. The van der Waals surface area contributed by atoms with Crippen molar-refractivity contribution in [2.45, 2.75) is 12.5 Å². The van der Waals surface area contributed by atoms with Crippen LogP contribution in [0.3, 0.4) is 0 Å². The van der Waals surface area contributed by atoms with E-state index in [1.165, 1.54) is 12.1 Å². The number of nitrogens with zero attached hydrogens (tertiary/aromatic N) is 1. The quantitative estimate of drug-likeness (QED) is 0.185. The number of rotatable bonds is 9. The van der Waals surface area contributed by atoms with Gasteiger partial charge in [0.15, 0.2) is 5.78 Å². The Morgan fingerprint density at radius 3 is 1.88 bits per heavy atom. The van der Waals surface area contributed by atoms with Gasteiger partial charge in [0.1, 0.15) is 0 Å². The minimum Gasteiger partial charge on any atom is -0.377 e. The summed E-state index contributed by atoms with van der Waals surface area (Å²) in [6.07, 6.45) is 0.524. The van der Waals surface area contributed by atoms with Gasteiger partial charge < -0.3 is 5.32 Å². The summed E-state index contributed by atoms with van der Waals surface area (Å²) in [5, 5.41) is 14.7. The molecule has 4 aromatic rings. The Morgan fingerprint density at radius 2 is 1.30 bits per heavy atom. The maximum absolute atomic E-state index is 13.8. The lowest BCUT2D eigenvalue weighted by molar-refractivity contribution is -0.384. The molecule has 5 nitrogen and oxygen atoms in total. The van der Waals surface area contributed by atoms with Crippen molar-refractivity contribution < 1.29 is 9.72 Å². The minimum absolute atomic E-state index is 0.0196. The third-order valence-corrected chi connectivity index (χ3v) is 5.65. The summed E-state index contributed by atoms with van der Waals surface area (Å²) < 4.78 is 0. The molecule has 0 aliphatic rings. The zero-order valence-electron chi connectivity index (χ0n) is 18.0. The molecule has 164 valence electrons. The Labute approximate surface area is 192 Å². The van der Waals surface area contributed by atoms with Crippen LogP contribution in [-0.4, -0.2) is 10.7 Å². The predicted octanol–water partition coefficient (Wildman–Crippen LogP) is 6.49. The lowest BCUT2D eigenvalue weighted by Crippen LogP contribution is -2.30. The maximum atomic E-state index is 13.8. The second-order valence-corrected chi connectivity index (χ2v) is 7.86. The summed E-state index contributed by atoms with van der Waals surface area (Å²) >= 11 is 0. The number of benzene rings is 4. The van der Waals surface area contributed by atoms with Gasteiger partial charge in [-0.2, -0.15) is 0 Å². The standard InChI is InChI=1S/C28H24N2O3/c31-28(23-12-6-2-7-13-23)26(20-21-10-4-1-5-11-21)27(29-24-14-8-3-9-15-24)22-16-18-25(19-17-22)30(32)33/h1-19,26-27,29H,20H2/t26-,27-/m0/s1. The number of hydrogen-bond acceptors (Lipinski definition) is 4. The number of Topliss-reactive ketones (excluding diaryl/α,β-unsaturated/α-hetero) is 1. The number of nitro benzene ring substituents is 1. The fourth-order valence-electron chi connectivity index (χ4n) is 3.98. The van der Waals surface area contributed by atoms with Crippen molar-refractivity contribution in [1.29, 1.82) is 0 Å². The van der Waals surface area contributed by atoms with Crippen LogP contribution < -0.4 is 5.32 Å². The van der Waals surface area contributed by atoms with Gasteiger partial charge in [-0.05, 0) is 29.7 Å². The first-order valence-corrected chi connectivity index (χ1v) is 10.8. The number of hydrogen-bond donors (Lipinski definition) is 1. The van der Waals surface area contributed by atoms with Gasteiger partial charge in [-0.1, -0.05) is 91.0 Å². The topological polar surface area (TPSA) is 72.2 Å². The van der Waals surface area contributed by atoms with Crippen LogP contribution in [-0.2, 0) is 6.42 Å². The summed E-state index contributed by atoms with van der Waals surface area (Å²) in [4.78, 5) is 24.5. The first kappa shape index (κ1) is 22.0. The molecule has 0 saturated carbocycles. The lowest BCUT2D eigenvalue weighted by Gasteiger charge is -2.29. The van der Waals surface area contributed by atoms with Crippen LogP contribution in [0.5, 0.6) is 0 Å². The van der Waals surface area contributed by atoms with Gasteiger partial charge in [0.25, 0.3) is 5.69 Å². The van der Waals surface area contributed by atoms with E-state index >= 15 is 0 Å². The van der Waals surface area contributed by atoms with Crippen LogP contribution in [0.4, 0.5) is 11.4 Å². The number of nitrogens with one attached hydrogen (secondary N) is 1. The number of carbonyl (C=O) groups excluding carboxylic acids is 1. The summed E-state index contributed by atoms with van der Waals surface area (Å²) in [6.45, 7) is 0. The average molecular weight is 437 g/mol. The second kappa shape index (κ2) is 10.4. The van der Waals surface area contributed by atoms with E-state index in [0.717, 1.165) is 16.8 Å². The van der Waals surface area contributed by atoms with Crippen LogP contribution in [0.15, 0.2) is 115 Å². The molecule has 0 aliphatic carbocycles. The molecule has 0 amide bonds. The molecule has 0 heterocycles. The minimum atomic E-state index is -0.434. The summed E-state index contributed by atoms with van der Waals surface area (Å²) in [6, 6.07) is 34.9. The Balaban J connectivity index is 1.78. The molecule has 33 heavy (non-hydrogen) atoms. The Hall–Kier alpha value is -4.25. The van der Waals surface area contributed by atoms with Crippen molar-refractivity contribution in [2.75, 3.05) is 5.32 Å². The van der Waals surface area contributed by atoms with Gasteiger partial charge in [0, 0.05) is 23.4 Å². The van der Waals surface area contributed by atoms with Crippen LogP contribution in [0, 0.1) is 16.0 Å². The van der Waals surface area contributed by atoms with Crippen LogP contribution in [0.25, 0.3) is 0 Å². The molecule has 0 unspecified atom stereocenters. The van der Waals surface area contributed by atoms with Gasteiger partial charge in [-0.25, -0.2) is 0 Å². The normalized spacial score (nSPS) is 12.5. The highest BCUT2D eigenvalue weighted by atomic mass is 16.6. The van der Waals surface area contributed by atoms with Crippen LogP contribution in [0.1, 0.15) is 27.5 Å². The highest BCUT2D eigenvalue weighted by molar-refractivity contribution is 5.98. The summed E-state index contributed by atoms with van der Waals surface area (Å²) in [5.74, 6) is -0.414. The number of carbonyl (C=O) groups is 1. The molecule has 5 heteroatoms. The molecule has 0 spiro atoms. The number of para-hydroxylation sites is 1. The molecular formula is C28H24N2O3. The fourth-order valence-corrected chi connectivity index (χ4v) is 3.98. The molecule has 0 bridgehead atoms. The third kappa shape index (κ3) is 5.52. The fraction of sp³-hybridized carbons (Fsp3) is 0.107. The molecule has 4 aromatic carbocycles. The third-order valence-electron chi connectivity index (χ3n) is 5.65. The van der Waals surface area contributed by atoms with E-state index in [4.69, 9.17) is 0 Å². The van der Waals surface area contributed by atoms with E-state index in [-0.39, 0.29) is 17.5 Å². The van der Waals surface area contributed by atoms with Gasteiger partial charge in [0.2, 0.25) is 0 Å². The zero-order chi connectivity index (χ0) is 23.0. The van der Waals surface area contributed by atoms with E-state index in [0.29, 0.717) is 12.0 Å². The van der Waals surface area contributed by atoms with Crippen molar-refractivity contribution in [3.63, 3.8) is 0 Å². The van der Waals surface area contributed by atoms with Crippen molar-refractivity contribution in [3.8, 4) is 0 Å². The Morgan fingerprint density at radius 1 is 0.758 bits per heavy atom. The van der Waals surface area contributed by atoms with Gasteiger partial charge in [-0.15, -0.1) is 0 Å². The highest BCUT2D eigenvalue weighted by Gasteiger charge is 2.31. The number of ketones is 1. The van der Waals surface area contributed by atoms with E-state index in [1.807, 2.05) is 91.0 Å². The van der Waals surface area contributed by atoms with Crippen molar-refractivity contribution in [1.82, 2.24) is 0 Å². The van der Waals surface area contributed by atoms with E-state index in [2.05, 4.69) is 5.32 Å². The molecule has 1 N–H and O–H groups in total. The van der Waals surface area contributed by atoms with Gasteiger partial charge in [0.05, 0.1) is 16.9 Å². The van der Waals surface area contributed by atoms with Crippen molar-refractivity contribution in [3.05, 3.63) is 142 Å². The van der Waals surface area contributed by atoms with E-state index in [9.17, 15) is 14.9 Å². The molecule has 2 atom stereocenters. The van der Waals surface area contributed by atoms with Crippen molar-refractivity contribution >= 4 is 17.2 Å². The maximum Gasteiger partial charge on any atom is 0.269 e. The molecule has 0 aromatic heterocycles. The lowest BCUT2D eigenvalue weighted by atomic mass is 9.82. The zero-order valence-corrected chi connectivity index (χ0v) is 18.0. The Bertz CT molecular complexity index is 1190. The predicted molar refractivity (Wildman–Crippen MR) is 130 cm³/mol. The highest BCUT2D eigenvalue weighted by Crippen LogP contribution is 2.33. The first-order chi connectivity index (χ1) is 16.1. The Kier molecular flexibility index (Phi) is 6.90. The van der Waals surface area contributed by atoms with Crippen LogP contribution in [0.2, 0.25) is 0 Å².